The summed E-state index contributed by atoms with van der Waals surface area (Å²) in [5.41, 5.74) is 5.62. The van der Waals surface area contributed by atoms with E-state index >= 15 is 0 Å². The van der Waals surface area contributed by atoms with Gasteiger partial charge in [-0.1, -0.05) is 12.1 Å². The number of Topliss-reactive ketones (excluding diaryl/α,β-unsaturated/α-hetero) is 1. The molecular formula is C11H12FNO. The smallest absolute Gasteiger partial charge is 0.165 e. The molecule has 0 fully saturated rings. The topological polar surface area (TPSA) is 43.1 Å². The van der Waals surface area contributed by atoms with Crippen molar-refractivity contribution >= 4 is 11.5 Å². The second-order valence-corrected chi connectivity index (χ2v) is 2.95. The third-order valence-electron chi connectivity index (χ3n) is 1.93. The van der Waals surface area contributed by atoms with Crippen LogP contribution in [0.2, 0.25) is 0 Å². The molecule has 0 aromatic heterocycles. The molecule has 0 bridgehead atoms. The van der Waals surface area contributed by atoms with E-state index < -0.39 is 5.82 Å². The molecule has 1 rings (SSSR count). The molecule has 0 heterocycles. The number of rotatable bonds is 4. The zero-order valence-electron chi connectivity index (χ0n) is 7.79. The minimum atomic E-state index is -0.547. The van der Waals surface area contributed by atoms with Gasteiger partial charge in [-0.2, -0.15) is 0 Å². The molecule has 0 aliphatic rings. The summed E-state index contributed by atoms with van der Waals surface area (Å²) in [5.74, 6) is -0.698. The summed E-state index contributed by atoms with van der Waals surface area (Å²) in [4.78, 5) is 11.5. The summed E-state index contributed by atoms with van der Waals surface area (Å²) >= 11 is 0. The van der Waals surface area contributed by atoms with Crippen molar-refractivity contribution in [3.05, 3.63) is 42.2 Å². The summed E-state index contributed by atoms with van der Waals surface area (Å²) in [6.45, 7) is 3.51. The van der Waals surface area contributed by atoms with Crippen LogP contribution in [0, 0.1) is 5.82 Å². The summed E-state index contributed by atoms with van der Waals surface area (Å²) in [7, 11) is 0. The molecule has 0 saturated heterocycles. The van der Waals surface area contributed by atoms with E-state index in [4.69, 9.17) is 5.73 Å². The van der Waals surface area contributed by atoms with Crippen molar-refractivity contribution in [2.45, 2.75) is 12.8 Å². The number of ketones is 1. The van der Waals surface area contributed by atoms with Crippen LogP contribution in [0.4, 0.5) is 10.1 Å². The van der Waals surface area contributed by atoms with E-state index in [1.54, 1.807) is 6.08 Å². The van der Waals surface area contributed by atoms with Crippen molar-refractivity contribution in [1.82, 2.24) is 0 Å². The van der Waals surface area contributed by atoms with Crippen molar-refractivity contribution in [3.63, 3.8) is 0 Å². The van der Waals surface area contributed by atoms with Crippen LogP contribution >= 0.6 is 0 Å². The second kappa shape index (κ2) is 4.56. The van der Waals surface area contributed by atoms with Gasteiger partial charge in [-0.15, -0.1) is 6.58 Å². The maximum atomic E-state index is 13.0. The van der Waals surface area contributed by atoms with Gasteiger partial charge in [0.05, 0.1) is 5.69 Å². The maximum absolute atomic E-state index is 13.0. The molecule has 0 radical (unpaired) electrons. The van der Waals surface area contributed by atoms with Gasteiger partial charge in [0.2, 0.25) is 0 Å². The van der Waals surface area contributed by atoms with Crippen LogP contribution in [0.1, 0.15) is 23.2 Å². The highest BCUT2D eigenvalue weighted by molar-refractivity contribution is 6.00. The Kier molecular flexibility index (Phi) is 3.40. The molecular weight excluding hydrogens is 181 g/mol. The predicted octanol–water partition coefficient (Wildman–Crippen LogP) is 2.56. The molecule has 0 spiro atoms. The Morgan fingerprint density at radius 1 is 1.57 bits per heavy atom. The van der Waals surface area contributed by atoms with Crippen molar-refractivity contribution in [1.29, 1.82) is 0 Å². The quantitative estimate of drug-likeness (QED) is 0.453. The molecule has 0 aliphatic heterocycles. The molecule has 0 saturated carbocycles. The number of carbonyl (C=O) groups excluding carboxylic acids is 1. The first-order valence-electron chi connectivity index (χ1n) is 4.35. The number of para-hydroxylation sites is 1. The fourth-order valence-electron chi connectivity index (χ4n) is 1.15. The Morgan fingerprint density at radius 2 is 2.29 bits per heavy atom. The van der Waals surface area contributed by atoms with Gasteiger partial charge in [0.15, 0.2) is 5.78 Å². The molecule has 0 unspecified atom stereocenters. The molecule has 74 valence electrons. The average Bonchev–Trinajstić information content (AvgIpc) is 2.18. The second-order valence-electron chi connectivity index (χ2n) is 2.95. The van der Waals surface area contributed by atoms with Crippen LogP contribution < -0.4 is 5.73 Å². The molecule has 2 nitrogen and oxygen atoms in total. The molecule has 2 N–H and O–H groups in total. The number of anilines is 1. The van der Waals surface area contributed by atoms with Gasteiger partial charge in [0, 0.05) is 12.0 Å². The number of allylic oxidation sites excluding steroid dienone is 1. The lowest BCUT2D eigenvalue weighted by Crippen LogP contribution is -2.05. The highest BCUT2D eigenvalue weighted by atomic mass is 19.1. The molecule has 3 heteroatoms. The standard InChI is InChI=1S/C11H12FNO/c1-2-3-7-10(14)8-5-4-6-9(12)11(8)13/h2,4-6H,1,3,7,13H2. The third kappa shape index (κ3) is 2.19. The fourth-order valence-corrected chi connectivity index (χ4v) is 1.15. The summed E-state index contributed by atoms with van der Waals surface area (Å²) < 4.78 is 13.0. The van der Waals surface area contributed by atoms with E-state index in [1.165, 1.54) is 18.2 Å². The van der Waals surface area contributed by atoms with E-state index in [2.05, 4.69) is 6.58 Å². The predicted molar refractivity (Wildman–Crippen MR) is 54.6 cm³/mol. The minimum Gasteiger partial charge on any atom is -0.396 e. The zero-order valence-corrected chi connectivity index (χ0v) is 7.79. The van der Waals surface area contributed by atoms with E-state index in [0.717, 1.165) is 0 Å². The largest absolute Gasteiger partial charge is 0.396 e. The molecule has 1 aromatic rings. The third-order valence-corrected chi connectivity index (χ3v) is 1.93. The lowest BCUT2D eigenvalue weighted by molar-refractivity contribution is 0.0984. The van der Waals surface area contributed by atoms with Gasteiger partial charge in [0.25, 0.3) is 0 Å². The van der Waals surface area contributed by atoms with E-state index in [0.29, 0.717) is 12.8 Å². The van der Waals surface area contributed by atoms with Crippen LogP contribution in [0.3, 0.4) is 0 Å². The van der Waals surface area contributed by atoms with Crippen LogP contribution in [-0.2, 0) is 0 Å². The Hall–Kier alpha value is -1.64. The monoisotopic (exact) mass is 193 g/mol. The van der Waals surface area contributed by atoms with Crippen LogP contribution in [-0.4, -0.2) is 5.78 Å². The lowest BCUT2D eigenvalue weighted by Gasteiger charge is -2.03. The number of carbonyl (C=O) groups is 1. The van der Waals surface area contributed by atoms with Crippen molar-refractivity contribution < 1.29 is 9.18 Å². The van der Waals surface area contributed by atoms with Crippen LogP contribution in [0.15, 0.2) is 30.9 Å². The van der Waals surface area contributed by atoms with Crippen molar-refractivity contribution in [2.75, 3.05) is 5.73 Å². The van der Waals surface area contributed by atoms with Crippen LogP contribution in [0.5, 0.6) is 0 Å². The SMILES string of the molecule is C=CCCC(=O)c1cccc(F)c1N. The molecule has 0 amide bonds. The first-order valence-corrected chi connectivity index (χ1v) is 4.35. The molecule has 0 atom stereocenters. The Bertz CT molecular complexity index is 360. The molecule has 1 aromatic carbocycles. The van der Waals surface area contributed by atoms with Gasteiger partial charge >= 0.3 is 0 Å². The number of halogens is 1. The maximum Gasteiger partial charge on any atom is 0.165 e. The lowest BCUT2D eigenvalue weighted by atomic mass is 10.0. The van der Waals surface area contributed by atoms with E-state index in [-0.39, 0.29) is 17.0 Å². The van der Waals surface area contributed by atoms with E-state index in [1.807, 2.05) is 0 Å². The average molecular weight is 193 g/mol. The molecule has 14 heavy (non-hydrogen) atoms. The highest BCUT2D eigenvalue weighted by Crippen LogP contribution is 2.17. The Labute approximate surface area is 82.2 Å². The van der Waals surface area contributed by atoms with Crippen molar-refractivity contribution in [3.8, 4) is 0 Å². The minimum absolute atomic E-state index is 0.0680. The van der Waals surface area contributed by atoms with Crippen molar-refractivity contribution in [2.24, 2.45) is 0 Å². The fraction of sp³-hybridized carbons (Fsp3) is 0.182. The number of nitrogen functional groups attached to an aromatic ring is 1. The number of benzene rings is 1. The van der Waals surface area contributed by atoms with Crippen LogP contribution in [0.25, 0.3) is 0 Å². The van der Waals surface area contributed by atoms with E-state index in [9.17, 15) is 9.18 Å². The van der Waals surface area contributed by atoms with Gasteiger partial charge in [-0.3, -0.25) is 4.79 Å². The number of nitrogens with two attached hydrogens (primary N) is 1. The first kappa shape index (κ1) is 10.4. The zero-order chi connectivity index (χ0) is 10.6. The van der Waals surface area contributed by atoms with Gasteiger partial charge in [-0.25, -0.2) is 4.39 Å². The Balaban J connectivity index is 2.89. The number of hydrogen-bond acceptors (Lipinski definition) is 2. The first-order chi connectivity index (χ1) is 6.66. The van der Waals surface area contributed by atoms with Gasteiger partial charge in [0.1, 0.15) is 5.82 Å². The Morgan fingerprint density at radius 3 is 2.93 bits per heavy atom. The van der Waals surface area contributed by atoms with Gasteiger partial charge in [-0.05, 0) is 18.6 Å². The van der Waals surface area contributed by atoms with Gasteiger partial charge < -0.3 is 5.73 Å². The highest BCUT2D eigenvalue weighted by Gasteiger charge is 2.11. The summed E-state index contributed by atoms with van der Waals surface area (Å²) in [6, 6.07) is 4.25. The summed E-state index contributed by atoms with van der Waals surface area (Å²) in [6.07, 6.45) is 2.54. The molecule has 0 aliphatic carbocycles. The normalized spacial score (nSPS) is 9.79. The number of hydrogen-bond donors (Lipinski definition) is 1. The summed E-state index contributed by atoms with van der Waals surface area (Å²) in [5, 5.41) is 0.